The summed E-state index contributed by atoms with van der Waals surface area (Å²) in [5.74, 6) is 0. The Balaban J connectivity index is 2.63. The first-order chi connectivity index (χ1) is 8.67. The normalized spacial score (nSPS) is 25.8. The van der Waals surface area contributed by atoms with E-state index in [2.05, 4.69) is 6.58 Å². The molecule has 0 aliphatic carbocycles. The lowest BCUT2D eigenvalue weighted by Gasteiger charge is -2.25. The zero-order valence-corrected chi connectivity index (χ0v) is 12.3. The predicted octanol–water partition coefficient (Wildman–Crippen LogP) is 0.551. The number of allylic oxidation sites excluding steroid dienone is 1. The van der Waals surface area contributed by atoms with Crippen molar-refractivity contribution in [1.82, 2.24) is 0 Å². The van der Waals surface area contributed by atoms with Crippen LogP contribution in [0.5, 0.6) is 0 Å². The number of fused-ring (bicyclic) bond motifs is 1. The molecule has 0 aromatic carbocycles. The van der Waals surface area contributed by atoms with Crippen LogP contribution >= 0.6 is 11.3 Å². The van der Waals surface area contributed by atoms with Crippen LogP contribution in [0.2, 0.25) is 0 Å². The van der Waals surface area contributed by atoms with Gasteiger partial charge in [-0.15, -0.1) is 17.9 Å². The smallest absolute Gasteiger partial charge is 0.247 e. The largest absolute Gasteiger partial charge is 0.388 e. The summed E-state index contributed by atoms with van der Waals surface area (Å²) in [5.41, 5.74) is 0.120. The van der Waals surface area contributed by atoms with Gasteiger partial charge in [-0.3, -0.25) is 0 Å². The van der Waals surface area contributed by atoms with Crippen LogP contribution in [0.15, 0.2) is 27.1 Å². The molecule has 19 heavy (non-hydrogen) atoms. The molecule has 1 aliphatic rings. The van der Waals surface area contributed by atoms with E-state index in [-0.39, 0.29) is 26.8 Å². The van der Waals surface area contributed by atoms with Gasteiger partial charge in [-0.1, -0.05) is 6.08 Å². The van der Waals surface area contributed by atoms with Crippen molar-refractivity contribution >= 4 is 31.2 Å². The van der Waals surface area contributed by atoms with Gasteiger partial charge in [0.05, 0.1) is 11.4 Å². The minimum Gasteiger partial charge on any atom is -0.388 e. The number of sulfone groups is 1. The van der Waals surface area contributed by atoms with Gasteiger partial charge >= 0.3 is 0 Å². The Hall–Kier alpha value is -0.740. The number of rotatable bonds is 3. The summed E-state index contributed by atoms with van der Waals surface area (Å²) >= 11 is 0.587. The molecule has 6 nitrogen and oxygen atoms in total. The van der Waals surface area contributed by atoms with Crippen LogP contribution in [-0.2, 0) is 19.9 Å². The minimum absolute atomic E-state index is 0.0299. The van der Waals surface area contributed by atoms with Crippen LogP contribution in [0.1, 0.15) is 24.5 Å². The van der Waals surface area contributed by atoms with E-state index in [1.54, 1.807) is 0 Å². The van der Waals surface area contributed by atoms with E-state index in [4.69, 9.17) is 5.14 Å². The quantitative estimate of drug-likeness (QED) is 0.788. The molecular weight excluding hydrogens is 310 g/mol. The molecule has 0 amide bonds. The van der Waals surface area contributed by atoms with Gasteiger partial charge in [0, 0.05) is 5.56 Å². The molecule has 9 heteroatoms. The summed E-state index contributed by atoms with van der Waals surface area (Å²) in [7, 11) is -7.63. The van der Waals surface area contributed by atoms with E-state index in [0.717, 1.165) is 6.07 Å². The molecule has 2 atom stereocenters. The fourth-order valence-corrected chi connectivity index (χ4v) is 6.66. The average molecular weight is 323 g/mol. The maximum Gasteiger partial charge on any atom is 0.247 e. The first-order valence-corrected chi connectivity index (χ1v) is 9.28. The van der Waals surface area contributed by atoms with E-state index in [1.807, 2.05) is 0 Å². The number of hydrogen-bond donors (Lipinski definition) is 2. The van der Waals surface area contributed by atoms with Gasteiger partial charge in [0.2, 0.25) is 10.0 Å². The summed E-state index contributed by atoms with van der Waals surface area (Å²) < 4.78 is 46.8. The van der Waals surface area contributed by atoms with Crippen LogP contribution in [-0.4, -0.2) is 27.2 Å². The van der Waals surface area contributed by atoms with Gasteiger partial charge in [-0.05, 0) is 18.9 Å². The van der Waals surface area contributed by atoms with Crippen LogP contribution < -0.4 is 5.14 Å². The molecule has 0 saturated carbocycles. The Bertz CT molecular complexity index is 716. The maximum absolute atomic E-state index is 12.3. The monoisotopic (exact) mass is 323 g/mol. The lowest BCUT2D eigenvalue weighted by Crippen LogP contribution is -2.28. The standard InChI is InChI=1S/C10H13NO5S3/c1-2-3-6-4-8(12)7-5-9(19(11,15)16)17-10(7)18(6,13)14/h2,5-6,8,12H,1,3-4H2,(H2,11,15,16)/t6-,8+/m0/s1. The minimum atomic E-state index is -3.98. The fourth-order valence-electron chi connectivity index (χ4n) is 2.02. The second-order valence-corrected chi connectivity index (χ2v) is 9.56. The molecule has 1 aromatic heterocycles. The van der Waals surface area contributed by atoms with Crippen molar-refractivity contribution in [3.05, 3.63) is 24.3 Å². The zero-order valence-electron chi connectivity index (χ0n) is 9.81. The Labute approximate surface area is 115 Å². The molecule has 1 aliphatic heterocycles. The zero-order chi connectivity index (χ0) is 14.4. The molecule has 106 valence electrons. The van der Waals surface area contributed by atoms with Gasteiger partial charge < -0.3 is 5.11 Å². The first-order valence-electron chi connectivity index (χ1n) is 5.37. The molecule has 0 spiro atoms. The van der Waals surface area contributed by atoms with Crippen molar-refractivity contribution in [3.8, 4) is 0 Å². The predicted molar refractivity (Wildman–Crippen MR) is 71.1 cm³/mol. The third-order valence-corrected chi connectivity index (χ3v) is 8.28. The number of aliphatic hydroxyl groups is 1. The Morgan fingerprint density at radius 3 is 2.74 bits per heavy atom. The maximum atomic E-state index is 12.3. The molecular formula is C10H13NO5S3. The van der Waals surface area contributed by atoms with Crippen molar-refractivity contribution in [1.29, 1.82) is 0 Å². The molecule has 2 rings (SSSR count). The number of sulfonamides is 1. The third kappa shape index (κ3) is 2.48. The summed E-state index contributed by atoms with van der Waals surface area (Å²) in [6.45, 7) is 3.49. The lowest BCUT2D eigenvalue weighted by atomic mass is 10.1. The van der Waals surface area contributed by atoms with Crippen LogP contribution in [0, 0.1) is 0 Å². The van der Waals surface area contributed by atoms with Crippen molar-refractivity contribution in [2.75, 3.05) is 0 Å². The SMILES string of the molecule is C=CC[C@H]1C[C@@H](O)c2cc(S(N)(=O)=O)sc2S1(=O)=O. The van der Waals surface area contributed by atoms with Crippen molar-refractivity contribution in [3.63, 3.8) is 0 Å². The highest BCUT2D eigenvalue weighted by Gasteiger charge is 2.40. The van der Waals surface area contributed by atoms with E-state index in [9.17, 15) is 21.9 Å². The van der Waals surface area contributed by atoms with Crippen LogP contribution in [0.3, 0.4) is 0 Å². The second kappa shape index (κ2) is 4.67. The van der Waals surface area contributed by atoms with Gasteiger partial charge in [0.1, 0.15) is 8.42 Å². The van der Waals surface area contributed by atoms with E-state index in [0.29, 0.717) is 11.3 Å². The van der Waals surface area contributed by atoms with Crippen LogP contribution in [0.25, 0.3) is 0 Å². The molecule has 0 unspecified atom stereocenters. The number of aliphatic hydroxyl groups excluding tert-OH is 1. The highest BCUT2D eigenvalue weighted by Crippen LogP contribution is 2.43. The van der Waals surface area contributed by atoms with Crippen LogP contribution in [0.4, 0.5) is 0 Å². The Kier molecular flexibility index (Phi) is 3.60. The molecule has 0 saturated heterocycles. The third-order valence-electron chi connectivity index (χ3n) is 2.95. The summed E-state index contributed by atoms with van der Waals surface area (Å²) in [4.78, 5) is 0. The van der Waals surface area contributed by atoms with Crippen molar-refractivity contribution in [2.45, 2.75) is 32.6 Å². The molecule has 3 N–H and O–H groups in total. The first kappa shape index (κ1) is 14.7. The van der Waals surface area contributed by atoms with Gasteiger partial charge in [-0.2, -0.15) is 0 Å². The summed E-state index contributed by atoms with van der Waals surface area (Å²) in [6, 6.07) is 1.14. The summed E-state index contributed by atoms with van der Waals surface area (Å²) in [5, 5.41) is 14.1. The summed E-state index contributed by atoms with van der Waals surface area (Å²) in [6.07, 6.45) is 0.702. The van der Waals surface area contributed by atoms with Gasteiger partial charge in [-0.25, -0.2) is 22.0 Å². The number of nitrogens with two attached hydrogens (primary N) is 1. The molecule has 2 heterocycles. The molecule has 0 bridgehead atoms. The topological polar surface area (TPSA) is 115 Å². The van der Waals surface area contributed by atoms with E-state index >= 15 is 0 Å². The molecule has 1 aromatic rings. The van der Waals surface area contributed by atoms with Crippen molar-refractivity contribution < 1.29 is 21.9 Å². The lowest BCUT2D eigenvalue weighted by molar-refractivity contribution is 0.160. The Morgan fingerprint density at radius 1 is 1.58 bits per heavy atom. The fraction of sp³-hybridized carbons (Fsp3) is 0.400. The number of primary sulfonamides is 1. The van der Waals surface area contributed by atoms with Gasteiger partial charge in [0.15, 0.2) is 9.84 Å². The highest BCUT2D eigenvalue weighted by molar-refractivity contribution is 7.95. The molecule has 0 radical (unpaired) electrons. The number of thiophene rings is 1. The average Bonchev–Trinajstić information content (AvgIpc) is 2.72. The van der Waals surface area contributed by atoms with E-state index < -0.39 is 31.2 Å². The van der Waals surface area contributed by atoms with Gasteiger partial charge in [0.25, 0.3) is 0 Å². The van der Waals surface area contributed by atoms with Crippen molar-refractivity contribution in [2.24, 2.45) is 5.14 Å². The highest BCUT2D eigenvalue weighted by atomic mass is 32.3. The second-order valence-electron chi connectivity index (χ2n) is 4.30. The van der Waals surface area contributed by atoms with E-state index in [1.165, 1.54) is 6.08 Å². The Morgan fingerprint density at radius 2 is 2.21 bits per heavy atom. The number of hydrogen-bond acceptors (Lipinski definition) is 6. The molecule has 0 fully saturated rings.